The molecule has 8 nitrogen and oxygen atoms in total. The molecule has 0 saturated carbocycles. The van der Waals surface area contributed by atoms with Crippen LogP contribution in [0.1, 0.15) is 35.1 Å². The Morgan fingerprint density at radius 1 is 0.235 bits per heavy atom. The van der Waals surface area contributed by atoms with Crippen LogP contribution < -0.4 is 5.46 Å². The van der Waals surface area contributed by atoms with E-state index in [1.54, 1.807) is 0 Å². The van der Waals surface area contributed by atoms with Crippen molar-refractivity contribution in [2.75, 3.05) is 0 Å². The first-order valence-electron chi connectivity index (χ1n) is 38.6. The topological polar surface area (TPSA) is 95.8 Å². The lowest BCUT2D eigenvalue weighted by molar-refractivity contribution is 0.00578. The van der Waals surface area contributed by atoms with E-state index >= 15 is 0 Å². The van der Waals surface area contributed by atoms with Crippen LogP contribution in [0.5, 0.6) is 0 Å². The molecule has 115 heavy (non-hydrogen) atoms. The van der Waals surface area contributed by atoms with Crippen LogP contribution in [0, 0.1) is 0 Å². The maximum Gasteiger partial charge on any atom is 0.494 e. The average Bonchev–Trinajstić information content (AvgIpc) is 1.31. The van der Waals surface area contributed by atoms with E-state index in [4.69, 9.17) is 34.2 Å². The quantitative estimate of drug-likeness (QED) is 0.0759. The molecule has 10 heteroatoms. The van der Waals surface area contributed by atoms with Crippen LogP contribution in [0.15, 0.2) is 381 Å². The summed E-state index contributed by atoms with van der Waals surface area (Å²) in [5.74, 6) is 1.42. The molecular formula is C105H78BBrN6O2. The van der Waals surface area contributed by atoms with E-state index in [-0.39, 0.29) is 25.7 Å². The van der Waals surface area contributed by atoms with Gasteiger partial charge in [0.2, 0.25) is 0 Å². The minimum Gasteiger partial charge on any atom is -0.399 e. The first-order chi connectivity index (χ1) is 55.9. The lowest BCUT2D eigenvalue weighted by Gasteiger charge is -2.32. The molecule has 550 valence electrons. The van der Waals surface area contributed by atoms with E-state index in [0.29, 0.717) is 5.82 Å². The molecule has 1 aliphatic rings. The van der Waals surface area contributed by atoms with Gasteiger partial charge in [-0.1, -0.05) is 371 Å². The third kappa shape index (κ3) is 14.1. The molecule has 0 atom stereocenters. The molecule has 16 aromatic carbocycles. The van der Waals surface area contributed by atoms with Crippen LogP contribution in [0.2, 0.25) is 0 Å². The van der Waals surface area contributed by atoms with Gasteiger partial charge in [-0.3, -0.25) is 0 Å². The minimum atomic E-state index is -0.379. The molecule has 0 unspecified atom stereocenters. The molecule has 20 aromatic rings. The van der Waals surface area contributed by atoms with Gasteiger partial charge in [-0.25, -0.2) is 29.9 Å². The number of fused-ring (bicyclic) bond motifs is 16. The Balaban J connectivity index is 0.000000127. The Kier molecular flexibility index (Phi) is 19.6. The zero-order chi connectivity index (χ0) is 76.9. The summed E-state index contributed by atoms with van der Waals surface area (Å²) in [5.41, 5.74) is 19.0. The number of hydrogen-bond donors (Lipinski definition) is 0. The maximum atomic E-state index is 6.27. The lowest BCUT2D eigenvalue weighted by Crippen LogP contribution is -2.41. The molecule has 0 aliphatic carbocycles. The molecular weight excluding hydrogens is 1470 g/mol. The highest BCUT2D eigenvalue weighted by Crippen LogP contribution is 2.45. The second kappa shape index (κ2) is 30.9. The SMILES string of the molecule is Brc1cc(-c2ccc(-c3ccccc3)cc2)nc(-c2ccccc2)n1.C.CC1(C)OB(c2ccc(-c3nc4c5ccccc5c5ccccc5c4c4ccccc34)cc2)OC1(C)C.c1ccc(-c2ccc(-c3cc(-c4ccc(-c5nc6c7ccccc7c7ccccc7c6c6ccccc56)cc4)nc(-c4ccccc4)n3)cc2)cc1. The molecule has 4 aromatic heterocycles. The predicted octanol–water partition coefficient (Wildman–Crippen LogP) is 27.4. The molecule has 0 bridgehead atoms. The van der Waals surface area contributed by atoms with Crippen molar-refractivity contribution >= 4 is 115 Å². The van der Waals surface area contributed by atoms with Gasteiger partial charge in [-0.15, -0.1) is 0 Å². The normalized spacial score (nSPS) is 12.9. The summed E-state index contributed by atoms with van der Waals surface area (Å²) < 4.78 is 13.3. The number of hydrogen-bond acceptors (Lipinski definition) is 8. The van der Waals surface area contributed by atoms with E-state index in [0.717, 1.165) is 105 Å². The molecule has 21 rings (SSSR count). The summed E-state index contributed by atoms with van der Waals surface area (Å²) in [7, 11) is -0.379. The third-order valence-corrected chi connectivity index (χ3v) is 22.8. The standard InChI is InChI=1S/C49H31N3.C33H28BNO2.C22H15BrN2.CH4/c1-3-13-32(14-4-1)33-23-25-34(26-24-33)44-31-45(51-49(50-44)37-15-5-2-6-16-37)35-27-29-36(30-28-35)47-43-22-12-10-20-41(43)46-40-19-9-7-17-38(40)39-18-8-11-21-42(39)48(46)52-47;1-32(2)33(3,4)37-34(36-32)22-19-17-21(18-20-22)30-28-16-10-8-14-26(28)29-25-13-7-5-11-23(25)24-12-6-9-15-27(24)31(29)35-30;23-21-15-20(24-22(25-21)19-9-5-2-6-10-19)18-13-11-17(12-14-18)16-7-3-1-4-8-16;/h1-31H;5-20H,1-4H3;1-15H;1H4. The zero-order valence-electron chi connectivity index (χ0n) is 63.3. The van der Waals surface area contributed by atoms with Crippen molar-refractivity contribution < 1.29 is 9.31 Å². The molecule has 5 heterocycles. The number of nitrogens with zero attached hydrogens (tertiary/aromatic N) is 6. The first kappa shape index (κ1) is 73.0. The maximum absolute atomic E-state index is 6.27. The van der Waals surface area contributed by atoms with Crippen LogP contribution >= 0.6 is 15.9 Å². The highest BCUT2D eigenvalue weighted by atomic mass is 79.9. The van der Waals surface area contributed by atoms with Gasteiger partial charge in [-0.05, 0) is 127 Å². The predicted molar refractivity (Wildman–Crippen MR) is 485 cm³/mol. The van der Waals surface area contributed by atoms with Gasteiger partial charge < -0.3 is 9.31 Å². The summed E-state index contributed by atoms with van der Waals surface area (Å²) in [6, 6.07) is 131. The smallest absolute Gasteiger partial charge is 0.399 e. The second-order valence-corrected chi connectivity index (χ2v) is 30.7. The molecule has 1 saturated heterocycles. The average molecular weight is 1550 g/mol. The van der Waals surface area contributed by atoms with Crippen molar-refractivity contribution in [1.82, 2.24) is 29.9 Å². The van der Waals surface area contributed by atoms with Gasteiger partial charge in [0.1, 0.15) is 4.60 Å². The number of rotatable bonds is 10. The van der Waals surface area contributed by atoms with Crippen molar-refractivity contribution in [3.63, 3.8) is 0 Å². The van der Waals surface area contributed by atoms with E-state index in [1.165, 1.54) is 86.9 Å². The highest BCUT2D eigenvalue weighted by molar-refractivity contribution is 9.10. The van der Waals surface area contributed by atoms with Crippen LogP contribution in [-0.2, 0) is 9.31 Å². The fourth-order valence-corrected chi connectivity index (χ4v) is 16.3. The van der Waals surface area contributed by atoms with Gasteiger partial charge in [0, 0.05) is 71.3 Å². The molecule has 1 fully saturated rings. The zero-order valence-corrected chi connectivity index (χ0v) is 64.8. The Morgan fingerprint density at radius 2 is 0.487 bits per heavy atom. The van der Waals surface area contributed by atoms with Crippen LogP contribution in [0.3, 0.4) is 0 Å². The molecule has 0 radical (unpaired) electrons. The van der Waals surface area contributed by atoms with Gasteiger partial charge in [0.05, 0.1) is 50.7 Å². The van der Waals surface area contributed by atoms with Gasteiger partial charge in [0.25, 0.3) is 0 Å². The van der Waals surface area contributed by atoms with Gasteiger partial charge >= 0.3 is 7.12 Å². The van der Waals surface area contributed by atoms with Crippen LogP contribution in [-0.4, -0.2) is 48.2 Å². The Bertz CT molecular complexity index is 7000. The summed E-state index contributed by atoms with van der Waals surface area (Å²) in [6.07, 6.45) is 0. The van der Waals surface area contributed by atoms with Crippen molar-refractivity contribution in [2.24, 2.45) is 0 Å². The van der Waals surface area contributed by atoms with Crippen molar-refractivity contribution in [1.29, 1.82) is 0 Å². The minimum absolute atomic E-state index is 0. The van der Waals surface area contributed by atoms with Crippen molar-refractivity contribution in [2.45, 2.75) is 46.3 Å². The number of benzene rings is 16. The largest absolute Gasteiger partial charge is 0.494 e. The van der Waals surface area contributed by atoms with E-state index < -0.39 is 0 Å². The Morgan fingerprint density at radius 3 is 0.852 bits per heavy atom. The summed E-state index contributed by atoms with van der Waals surface area (Å²) in [5, 5.41) is 16.9. The van der Waals surface area contributed by atoms with E-state index in [9.17, 15) is 0 Å². The van der Waals surface area contributed by atoms with Gasteiger partial charge in [0.15, 0.2) is 11.6 Å². The Labute approximate surface area is 677 Å². The molecule has 0 N–H and O–H groups in total. The summed E-state index contributed by atoms with van der Waals surface area (Å²) in [4.78, 5) is 30.2. The Hall–Kier alpha value is -13.5. The van der Waals surface area contributed by atoms with Crippen molar-refractivity contribution in [3.8, 4) is 101 Å². The van der Waals surface area contributed by atoms with Crippen molar-refractivity contribution in [3.05, 3.63) is 381 Å². The molecule has 1 aliphatic heterocycles. The number of halogens is 1. The fraction of sp³-hybridized carbons (Fsp3) is 0.0667. The fourth-order valence-electron chi connectivity index (χ4n) is 15.9. The first-order valence-corrected chi connectivity index (χ1v) is 39.4. The monoisotopic (exact) mass is 1540 g/mol. The highest BCUT2D eigenvalue weighted by Gasteiger charge is 2.51. The van der Waals surface area contributed by atoms with E-state index in [2.05, 4.69) is 358 Å². The molecule has 0 spiro atoms. The van der Waals surface area contributed by atoms with Crippen LogP contribution in [0.4, 0.5) is 0 Å². The number of aromatic nitrogens is 6. The van der Waals surface area contributed by atoms with Gasteiger partial charge in [-0.2, -0.15) is 0 Å². The summed E-state index contributed by atoms with van der Waals surface area (Å²) in [6.45, 7) is 8.34. The number of pyridine rings is 2. The summed E-state index contributed by atoms with van der Waals surface area (Å²) >= 11 is 3.51. The molecule has 0 amide bonds. The third-order valence-electron chi connectivity index (χ3n) is 22.4. The van der Waals surface area contributed by atoms with Crippen LogP contribution in [0.25, 0.3) is 188 Å². The van der Waals surface area contributed by atoms with E-state index in [1.807, 2.05) is 66.7 Å². The lowest BCUT2D eigenvalue weighted by atomic mass is 9.78. The second-order valence-electron chi connectivity index (χ2n) is 29.9.